The van der Waals surface area contributed by atoms with Crippen molar-refractivity contribution in [3.8, 4) is 46.8 Å². The third-order valence-corrected chi connectivity index (χ3v) is 11.9. The molecule has 0 N–H and O–H groups in total. The molecule has 0 aliphatic rings. The summed E-state index contributed by atoms with van der Waals surface area (Å²) in [5.74, 6) is 0. The van der Waals surface area contributed by atoms with Crippen LogP contribution < -0.4 is 0 Å². The van der Waals surface area contributed by atoms with E-state index in [0.717, 1.165) is 110 Å². The maximum atomic E-state index is 9.97. The summed E-state index contributed by atoms with van der Waals surface area (Å²) in [6.45, 7) is 0. The van der Waals surface area contributed by atoms with Crippen molar-refractivity contribution in [1.29, 1.82) is 21.0 Å². The van der Waals surface area contributed by atoms with E-state index in [-0.39, 0.29) is 0 Å². The number of nitrogens with zero attached hydrogens (tertiary/aromatic N) is 6. The van der Waals surface area contributed by atoms with Gasteiger partial charge in [0.15, 0.2) is 0 Å². The van der Waals surface area contributed by atoms with Gasteiger partial charge >= 0.3 is 0 Å². The lowest BCUT2D eigenvalue weighted by atomic mass is 10.00. The van der Waals surface area contributed by atoms with Gasteiger partial charge in [0.2, 0.25) is 0 Å². The highest BCUT2D eigenvalue weighted by Crippen LogP contribution is 2.43. The second-order valence-electron chi connectivity index (χ2n) is 15.0. The zero-order chi connectivity index (χ0) is 40.2. The van der Waals surface area contributed by atoms with Crippen LogP contribution in [-0.2, 0) is 0 Å². The Morgan fingerprint density at radius 3 is 1.17 bits per heavy atom. The lowest BCUT2D eigenvalue weighted by Gasteiger charge is -2.10. The Labute approximate surface area is 340 Å². The molecule has 8 nitrogen and oxygen atoms in total. The van der Waals surface area contributed by atoms with Crippen LogP contribution in [0, 0.1) is 45.3 Å². The van der Waals surface area contributed by atoms with Gasteiger partial charge in [-0.25, -0.2) is 0 Å². The fourth-order valence-corrected chi connectivity index (χ4v) is 9.11. The molecule has 0 atom stereocenters. The van der Waals surface area contributed by atoms with Gasteiger partial charge in [-0.1, -0.05) is 48.5 Å². The molecule has 0 radical (unpaired) electrons. The van der Waals surface area contributed by atoms with E-state index in [2.05, 4.69) is 106 Å². The number of fused-ring (bicyclic) bond motifs is 12. The van der Waals surface area contributed by atoms with E-state index in [0.29, 0.717) is 22.3 Å². The summed E-state index contributed by atoms with van der Waals surface area (Å²) < 4.78 is 17.0. The first kappa shape index (κ1) is 33.1. The summed E-state index contributed by atoms with van der Waals surface area (Å²) in [6.07, 6.45) is 0. The van der Waals surface area contributed by atoms with Gasteiger partial charge in [0.1, 0.15) is 46.6 Å². The van der Waals surface area contributed by atoms with Gasteiger partial charge in [0, 0.05) is 66.6 Å². The molecule has 0 fully saturated rings. The zero-order valence-electron chi connectivity index (χ0n) is 31.4. The molecule has 0 amide bonds. The third-order valence-electron chi connectivity index (χ3n) is 11.9. The van der Waals surface area contributed by atoms with Crippen molar-refractivity contribution in [2.24, 2.45) is 0 Å². The quantitative estimate of drug-likeness (QED) is 0.176. The SMILES string of the molecule is N#Cc1ccc(-n2c3ccc(-c4ccc5c(c4)c4cc6c(cc4n5-c4ccc(C#N)c(C#N)c4)oc4ccccc46)cc3c3cc4c(cc32)oc2ccccc24)cc1C#N. The molecule has 8 aromatic carbocycles. The molecule has 0 bridgehead atoms. The molecule has 274 valence electrons. The average Bonchev–Trinajstić information content (AvgIpc) is 4.03. The summed E-state index contributed by atoms with van der Waals surface area (Å²) >= 11 is 0. The normalized spacial score (nSPS) is 11.6. The van der Waals surface area contributed by atoms with Crippen molar-refractivity contribution < 1.29 is 8.83 Å². The third kappa shape index (κ3) is 4.56. The number of furan rings is 2. The van der Waals surface area contributed by atoms with Gasteiger partial charge in [-0.05, 0) is 96.1 Å². The van der Waals surface area contributed by atoms with Crippen LogP contribution >= 0.6 is 0 Å². The van der Waals surface area contributed by atoms with Crippen LogP contribution in [0.2, 0.25) is 0 Å². The van der Waals surface area contributed by atoms with E-state index in [9.17, 15) is 21.0 Å². The van der Waals surface area contributed by atoms with Crippen molar-refractivity contribution >= 4 is 87.5 Å². The predicted molar refractivity (Wildman–Crippen MR) is 234 cm³/mol. The minimum Gasteiger partial charge on any atom is -0.456 e. The molecule has 8 heteroatoms. The Hall–Kier alpha value is -9.08. The Morgan fingerprint density at radius 1 is 0.317 bits per heavy atom. The molecule has 0 saturated carbocycles. The second-order valence-corrected chi connectivity index (χ2v) is 15.0. The van der Waals surface area contributed by atoms with Gasteiger partial charge in [-0.2, -0.15) is 21.0 Å². The minimum absolute atomic E-state index is 0.310. The van der Waals surface area contributed by atoms with Gasteiger partial charge in [0.25, 0.3) is 0 Å². The maximum absolute atomic E-state index is 9.97. The molecular formula is C52H24N6O2. The number of aromatic nitrogens is 2. The number of rotatable bonds is 3. The first-order valence-corrected chi connectivity index (χ1v) is 19.2. The van der Waals surface area contributed by atoms with Gasteiger partial charge in [-0.3, -0.25) is 0 Å². The van der Waals surface area contributed by atoms with E-state index in [1.54, 1.807) is 24.3 Å². The molecule has 4 heterocycles. The summed E-state index contributed by atoms with van der Waals surface area (Å²) in [4.78, 5) is 0. The zero-order valence-corrected chi connectivity index (χ0v) is 31.4. The number of para-hydroxylation sites is 2. The number of hydrogen-bond donors (Lipinski definition) is 0. The molecular weight excluding hydrogens is 741 g/mol. The van der Waals surface area contributed by atoms with Crippen molar-refractivity contribution in [2.45, 2.75) is 0 Å². The second kappa shape index (κ2) is 12.2. The van der Waals surface area contributed by atoms with Crippen LogP contribution in [0.25, 0.3) is 110 Å². The summed E-state index contributed by atoms with van der Waals surface area (Å²) in [5, 5.41) is 47.5. The monoisotopic (exact) mass is 764 g/mol. The van der Waals surface area contributed by atoms with Crippen molar-refractivity contribution in [3.05, 3.63) is 168 Å². The fraction of sp³-hybridized carbons (Fsp3) is 0. The Kier molecular flexibility index (Phi) is 6.73. The van der Waals surface area contributed by atoms with Crippen LogP contribution in [0.5, 0.6) is 0 Å². The maximum Gasteiger partial charge on any atom is 0.137 e. The number of nitriles is 4. The number of benzene rings is 8. The predicted octanol–water partition coefficient (Wildman–Crippen LogP) is 12.8. The van der Waals surface area contributed by atoms with Crippen molar-refractivity contribution in [3.63, 3.8) is 0 Å². The highest BCUT2D eigenvalue weighted by molar-refractivity contribution is 6.20. The highest BCUT2D eigenvalue weighted by atomic mass is 16.3. The molecule has 4 aromatic heterocycles. The van der Waals surface area contributed by atoms with Crippen LogP contribution in [0.4, 0.5) is 0 Å². The first-order chi connectivity index (χ1) is 29.5. The van der Waals surface area contributed by atoms with E-state index >= 15 is 0 Å². The van der Waals surface area contributed by atoms with E-state index in [4.69, 9.17) is 8.83 Å². The minimum atomic E-state index is 0.310. The molecule has 0 saturated heterocycles. The molecule has 0 unspecified atom stereocenters. The van der Waals surface area contributed by atoms with Crippen LogP contribution in [0.3, 0.4) is 0 Å². The van der Waals surface area contributed by atoms with Gasteiger partial charge in [0.05, 0.1) is 44.3 Å². The van der Waals surface area contributed by atoms with Gasteiger partial charge < -0.3 is 18.0 Å². The Balaban J connectivity index is 1.13. The van der Waals surface area contributed by atoms with Crippen LogP contribution in [0.1, 0.15) is 22.3 Å². The Morgan fingerprint density at radius 2 is 0.733 bits per heavy atom. The Bertz CT molecular complexity index is 3810. The van der Waals surface area contributed by atoms with E-state index in [1.165, 1.54) is 0 Å². The van der Waals surface area contributed by atoms with Crippen molar-refractivity contribution in [1.82, 2.24) is 9.13 Å². The average molecular weight is 765 g/mol. The molecule has 0 spiro atoms. The smallest absolute Gasteiger partial charge is 0.137 e. The molecule has 0 aliphatic carbocycles. The lowest BCUT2D eigenvalue weighted by molar-refractivity contribution is 0.669. The molecule has 60 heavy (non-hydrogen) atoms. The molecule has 12 aromatic rings. The fourth-order valence-electron chi connectivity index (χ4n) is 9.11. The molecule has 12 rings (SSSR count). The first-order valence-electron chi connectivity index (χ1n) is 19.2. The van der Waals surface area contributed by atoms with Crippen LogP contribution in [-0.4, -0.2) is 9.13 Å². The van der Waals surface area contributed by atoms with Crippen LogP contribution in [0.15, 0.2) is 154 Å². The van der Waals surface area contributed by atoms with Crippen molar-refractivity contribution in [2.75, 3.05) is 0 Å². The van der Waals surface area contributed by atoms with Gasteiger partial charge in [-0.15, -0.1) is 0 Å². The number of hydrogen-bond acceptors (Lipinski definition) is 6. The van der Waals surface area contributed by atoms with E-state index in [1.807, 2.05) is 48.5 Å². The largest absolute Gasteiger partial charge is 0.456 e. The summed E-state index contributed by atoms with van der Waals surface area (Å²) in [7, 11) is 0. The molecule has 0 aliphatic heterocycles. The standard InChI is InChI=1S/C52H24N6O2/c53-25-31-9-13-35(17-33(31)27-55)57-45-15-11-29(19-39(45)41-21-43-37-5-1-3-7-49(37)59-51(43)23-47(41)57)30-12-16-46-40(20-30)42-22-44-38-6-2-4-8-50(38)60-52(44)24-48(42)58(46)36-14-10-32(26-54)34(18-36)28-56/h1-24H. The van der Waals surface area contributed by atoms with E-state index < -0.39 is 0 Å². The summed E-state index contributed by atoms with van der Waals surface area (Å²) in [6, 6.07) is 56.9. The highest BCUT2D eigenvalue weighted by Gasteiger charge is 2.21. The topological polar surface area (TPSA) is 131 Å². The summed E-state index contributed by atoms with van der Waals surface area (Å²) in [5.41, 5.74) is 11.7. The lowest BCUT2D eigenvalue weighted by Crippen LogP contribution is -1.96.